The molecule has 0 unspecified atom stereocenters. The number of carbonyl (C=O) groups is 2. The second kappa shape index (κ2) is 6.92. The molecular formula is C16H20ClN3O2. The van der Waals surface area contributed by atoms with Gasteiger partial charge in [-0.3, -0.25) is 15.4 Å². The van der Waals surface area contributed by atoms with Gasteiger partial charge in [0, 0.05) is 5.02 Å². The van der Waals surface area contributed by atoms with E-state index in [0.717, 1.165) is 12.8 Å². The van der Waals surface area contributed by atoms with E-state index >= 15 is 0 Å². The zero-order valence-corrected chi connectivity index (χ0v) is 13.5. The van der Waals surface area contributed by atoms with Crippen LogP contribution in [0.15, 0.2) is 29.3 Å². The van der Waals surface area contributed by atoms with Gasteiger partial charge in [0.1, 0.15) is 11.3 Å². The molecular weight excluding hydrogens is 302 g/mol. The monoisotopic (exact) mass is 321 g/mol. The van der Waals surface area contributed by atoms with Crippen LogP contribution in [0.5, 0.6) is 0 Å². The first kappa shape index (κ1) is 16.5. The highest BCUT2D eigenvalue weighted by molar-refractivity contribution is 6.30. The van der Waals surface area contributed by atoms with Crippen LogP contribution in [0, 0.1) is 5.41 Å². The van der Waals surface area contributed by atoms with Gasteiger partial charge < -0.3 is 0 Å². The highest BCUT2D eigenvalue weighted by Gasteiger charge is 2.46. The summed E-state index contributed by atoms with van der Waals surface area (Å²) in [5, 5.41) is 5.64. The van der Waals surface area contributed by atoms with Gasteiger partial charge in [0.25, 0.3) is 0 Å². The second-order valence-corrected chi connectivity index (χ2v) is 5.87. The standard InChI is InChI=1S/C16H20ClN3O2/c1-3-8-16(9-4-2)13(19-15(22)20-14(16)21)18-12-7-5-6-11(17)10-12/h5-7,10H,3-4,8-9H2,1-2H3,(H2,18,19,20,21,22). The maximum absolute atomic E-state index is 12.5. The maximum Gasteiger partial charge on any atom is 0.326 e. The van der Waals surface area contributed by atoms with Gasteiger partial charge in [-0.15, -0.1) is 0 Å². The molecule has 22 heavy (non-hydrogen) atoms. The van der Waals surface area contributed by atoms with Crippen LogP contribution in [0.3, 0.4) is 0 Å². The second-order valence-electron chi connectivity index (χ2n) is 5.43. The number of halogens is 1. The molecule has 1 saturated heterocycles. The Bertz CT molecular complexity index is 607. The molecule has 1 aromatic rings. The van der Waals surface area contributed by atoms with E-state index in [9.17, 15) is 9.59 Å². The minimum Gasteiger partial charge on any atom is -0.295 e. The maximum atomic E-state index is 12.5. The van der Waals surface area contributed by atoms with Gasteiger partial charge >= 0.3 is 6.03 Å². The molecule has 1 aliphatic heterocycles. The lowest BCUT2D eigenvalue weighted by atomic mass is 9.76. The Morgan fingerprint density at radius 2 is 1.82 bits per heavy atom. The number of urea groups is 1. The largest absolute Gasteiger partial charge is 0.326 e. The third kappa shape index (κ3) is 3.30. The van der Waals surface area contributed by atoms with E-state index in [0.29, 0.717) is 29.4 Å². The van der Waals surface area contributed by atoms with E-state index in [1.165, 1.54) is 0 Å². The summed E-state index contributed by atoms with van der Waals surface area (Å²) in [6.07, 6.45) is 2.90. The lowest BCUT2D eigenvalue weighted by Gasteiger charge is -2.36. The van der Waals surface area contributed by atoms with E-state index in [1.54, 1.807) is 24.3 Å². The highest BCUT2D eigenvalue weighted by Crippen LogP contribution is 2.34. The van der Waals surface area contributed by atoms with Gasteiger partial charge in [0.2, 0.25) is 5.91 Å². The molecule has 1 fully saturated rings. The molecule has 0 spiro atoms. The normalized spacial score (nSPS) is 19.0. The summed E-state index contributed by atoms with van der Waals surface area (Å²) in [4.78, 5) is 28.7. The van der Waals surface area contributed by atoms with Crippen LogP contribution in [-0.4, -0.2) is 17.8 Å². The number of amidine groups is 1. The topological polar surface area (TPSA) is 70.6 Å². The van der Waals surface area contributed by atoms with Crippen molar-refractivity contribution in [2.75, 3.05) is 0 Å². The molecule has 0 aliphatic carbocycles. The number of nitrogens with one attached hydrogen (secondary N) is 2. The third-order valence-corrected chi connectivity index (χ3v) is 3.98. The zero-order valence-electron chi connectivity index (χ0n) is 12.8. The van der Waals surface area contributed by atoms with Gasteiger partial charge in [-0.05, 0) is 31.0 Å². The lowest BCUT2D eigenvalue weighted by molar-refractivity contribution is -0.127. The highest BCUT2D eigenvalue weighted by atomic mass is 35.5. The molecule has 3 amide bonds. The number of imide groups is 1. The number of rotatable bonds is 5. The molecule has 118 valence electrons. The lowest BCUT2D eigenvalue weighted by Crippen LogP contribution is -2.62. The van der Waals surface area contributed by atoms with Crippen LogP contribution >= 0.6 is 11.6 Å². The molecule has 6 heteroatoms. The molecule has 0 radical (unpaired) electrons. The fraction of sp³-hybridized carbons (Fsp3) is 0.438. The fourth-order valence-electron chi connectivity index (χ4n) is 2.84. The van der Waals surface area contributed by atoms with Crippen molar-refractivity contribution in [1.82, 2.24) is 10.6 Å². The molecule has 0 aromatic heterocycles. The van der Waals surface area contributed by atoms with Gasteiger partial charge in [0.05, 0.1) is 5.69 Å². The van der Waals surface area contributed by atoms with Gasteiger partial charge in [-0.2, -0.15) is 0 Å². The SMILES string of the molecule is CCCC1(CCC)C(=O)NC(=O)NC1=Nc1cccc(Cl)c1. The summed E-state index contributed by atoms with van der Waals surface area (Å²) in [5.74, 6) is 0.132. The van der Waals surface area contributed by atoms with E-state index in [2.05, 4.69) is 15.6 Å². The smallest absolute Gasteiger partial charge is 0.295 e. The summed E-state index contributed by atoms with van der Waals surface area (Å²) in [7, 11) is 0. The predicted octanol–water partition coefficient (Wildman–Crippen LogP) is 3.80. The van der Waals surface area contributed by atoms with Crippen LogP contribution in [0.1, 0.15) is 39.5 Å². The van der Waals surface area contributed by atoms with Crippen molar-refractivity contribution < 1.29 is 9.59 Å². The first-order chi connectivity index (χ1) is 10.5. The quantitative estimate of drug-likeness (QED) is 0.866. The molecule has 1 aromatic carbocycles. The van der Waals surface area contributed by atoms with E-state index in [1.807, 2.05) is 13.8 Å². The number of hydrogen-bond donors (Lipinski definition) is 2. The summed E-state index contributed by atoms with van der Waals surface area (Å²) in [5.41, 5.74) is -0.172. The Morgan fingerprint density at radius 3 is 2.41 bits per heavy atom. The first-order valence-electron chi connectivity index (χ1n) is 7.49. The molecule has 2 rings (SSSR count). The number of aliphatic imine (C=N–C) groups is 1. The molecule has 1 aliphatic rings. The Labute approximate surface area is 135 Å². The average Bonchev–Trinajstić information content (AvgIpc) is 2.45. The Hall–Kier alpha value is -1.88. The third-order valence-electron chi connectivity index (χ3n) is 3.75. The van der Waals surface area contributed by atoms with E-state index < -0.39 is 11.4 Å². The van der Waals surface area contributed by atoms with Crippen molar-refractivity contribution in [1.29, 1.82) is 0 Å². The van der Waals surface area contributed by atoms with Crippen molar-refractivity contribution in [2.24, 2.45) is 10.4 Å². The van der Waals surface area contributed by atoms with E-state index in [4.69, 9.17) is 11.6 Å². The first-order valence-corrected chi connectivity index (χ1v) is 7.87. The van der Waals surface area contributed by atoms with Crippen LogP contribution < -0.4 is 10.6 Å². The summed E-state index contributed by atoms with van der Waals surface area (Å²) in [6.45, 7) is 4.02. The van der Waals surface area contributed by atoms with Crippen molar-refractivity contribution in [2.45, 2.75) is 39.5 Å². The van der Waals surface area contributed by atoms with Crippen LogP contribution in [0.2, 0.25) is 5.02 Å². The van der Waals surface area contributed by atoms with Gasteiger partial charge in [-0.25, -0.2) is 9.79 Å². The molecule has 2 N–H and O–H groups in total. The predicted molar refractivity (Wildman–Crippen MR) is 87.5 cm³/mol. The molecule has 5 nitrogen and oxygen atoms in total. The molecule has 0 saturated carbocycles. The average molecular weight is 322 g/mol. The Morgan fingerprint density at radius 1 is 1.14 bits per heavy atom. The van der Waals surface area contributed by atoms with E-state index in [-0.39, 0.29) is 5.91 Å². The van der Waals surface area contributed by atoms with Gasteiger partial charge in [0.15, 0.2) is 0 Å². The summed E-state index contributed by atoms with van der Waals surface area (Å²) < 4.78 is 0. The zero-order chi connectivity index (χ0) is 16.2. The number of amides is 3. The number of nitrogens with zero attached hydrogens (tertiary/aromatic N) is 1. The van der Waals surface area contributed by atoms with Crippen molar-refractivity contribution in [3.8, 4) is 0 Å². The van der Waals surface area contributed by atoms with Crippen molar-refractivity contribution in [3.05, 3.63) is 29.3 Å². The Kier molecular flexibility index (Phi) is 5.19. The minimum absolute atomic E-state index is 0.277. The van der Waals surface area contributed by atoms with Crippen molar-refractivity contribution >= 4 is 35.1 Å². The van der Waals surface area contributed by atoms with Crippen molar-refractivity contribution in [3.63, 3.8) is 0 Å². The Balaban J connectivity index is 2.50. The summed E-state index contributed by atoms with van der Waals surface area (Å²) >= 11 is 5.98. The molecule has 0 atom stereocenters. The fourth-order valence-corrected chi connectivity index (χ4v) is 3.03. The van der Waals surface area contributed by atoms with Gasteiger partial charge in [-0.1, -0.05) is 44.4 Å². The van der Waals surface area contributed by atoms with Crippen LogP contribution in [0.4, 0.5) is 10.5 Å². The number of benzene rings is 1. The van der Waals surface area contributed by atoms with Crippen LogP contribution in [-0.2, 0) is 4.79 Å². The minimum atomic E-state index is -0.792. The molecule has 1 heterocycles. The number of carbonyl (C=O) groups excluding carboxylic acids is 2. The van der Waals surface area contributed by atoms with Crippen LogP contribution in [0.25, 0.3) is 0 Å². The molecule has 0 bridgehead atoms. The number of hydrogen-bond acceptors (Lipinski definition) is 3. The summed E-state index contributed by atoms with van der Waals surface area (Å²) in [6, 6.07) is 6.50.